The van der Waals surface area contributed by atoms with Crippen LogP contribution in [0.25, 0.3) is 0 Å². The van der Waals surface area contributed by atoms with Crippen molar-refractivity contribution < 1.29 is 22.7 Å². The molecule has 4 rings (SSSR count). The molecule has 0 saturated heterocycles. The number of phenols is 1. The number of hydrogen-bond donors (Lipinski definition) is 2. The van der Waals surface area contributed by atoms with Crippen LogP contribution in [0.1, 0.15) is 30.2 Å². The Balaban J connectivity index is 1.57. The second kappa shape index (κ2) is 8.19. The summed E-state index contributed by atoms with van der Waals surface area (Å²) in [6.45, 7) is 0. The van der Waals surface area contributed by atoms with Gasteiger partial charge in [0.2, 0.25) is 5.89 Å². The van der Waals surface area contributed by atoms with E-state index < -0.39 is 21.7 Å². The van der Waals surface area contributed by atoms with Gasteiger partial charge in [-0.1, -0.05) is 18.2 Å². The zero-order chi connectivity index (χ0) is 21.3. The number of carbonyl (C=O) groups excluding carboxylic acids is 1. The number of sulfonamides is 1. The number of rotatable bonds is 6. The minimum Gasteiger partial charge on any atom is -0.508 e. The van der Waals surface area contributed by atoms with Gasteiger partial charge in [0.25, 0.3) is 10.0 Å². The van der Waals surface area contributed by atoms with Crippen molar-refractivity contribution in [3.8, 4) is 5.75 Å². The normalized spacial score (nSPS) is 15.6. The lowest BCUT2D eigenvalue weighted by Gasteiger charge is -2.19. The number of nitrogens with one attached hydrogen (secondary N) is 1. The van der Waals surface area contributed by atoms with Crippen LogP contribution < -0.4 is 5.32 Å². The predicted octanol–water partition coefficient (Wildman–Crippen LogP) is 3.68. The lowest BCUT2D eigenvalue weighted by Crippen LogP contribution is -2.29. The number of hydrogen-bond acceptors (Lipinski definition) is 7. The molecule has 0 bridgehead atoms. The highest BCUT2D eigenvalue weighted by Gasteiger charge is 2.29. The van der Waals surface area contributed by atoms with Crippen LogP contribution in [0.5, 0.6) is 5.75 Å². The molecule has 1 aliphatic heterocycles. The maximum atomic E-state index is 12.8. The number of para-hydroxylation sites is 1. The summed E-state index contributed by atoms with van der Waals surface area (Å²) in [6, 6.07) is 11.6. The molecule has 30 heavy (non-hydrogen) atoms. The third kappa shape index (κ3) is 4.10. The van der Waals surface area contributed by atoms with Crippen molar-refractivity contribution in [1.82, 2.24) is 4.98 Å². The van der Waals surface area contributed by atoms with Gasteiger partial charge < -0.3 is 14.8 Å². The lowest BCUT2D eigenvalue weighted by atomic mass is 9.92. The fraction of sp³-hybridized carbons (Fsp3) is 0.150. The second-order valence-electron chi connectivity index (χ2n) is 6.62. The van der Waals surface area contributed by atoms with E-state index in [-0.39, 0.29) is 29.3 Å². The highest BCUT2D eigenvalue weighted by atomic mass is 127. The molecule has 0 saturated carbocycles. The van der Waals surface area contributed by atoms with E-state index in [9.17, 15) is 18.3 Å². The first-order valence-electron chi connectivity index (χ1n) is 8.97. The molecule has 10 heteroatoms. The quantitative estimate of drug-likeness (QED) is 0.460. The maximum absolute atomic E-state index is 12.8. The summed E-state index contributed by atoms with van der Waals surface area (Å²) in [4.78, 5) is 17.0. The monoisotopic (exact) mass is 537 g/mol. The number of oxazole rings is 1. The number of carbonyl (C=O) groups is 1. The Hall–Kier alpha value is -2.73. The van der Waals surface area contributed by atoms with Gasteiger partial charge in [0.15, 0.2) is 11.6 Å². The number of halogens is 1. The summed E-state index contributed by atoms with van der Waals surface area (Å²) in [7, 11) is -3.97. The SMILES string of the molecule is O=C(CCC(c1ncco1)c1ccccc1O)C1=NS(=O)(=O)c2cc(I)ccc2N1. The van der Waals surface area contributed by atoms with Crippen molar-refractivity contribution in [2.45, 2.75) is 23.7 Å². The highest BCUT2D eigenvalue weighted by molar-refractivity contribution is 14.1. The van der Waals surface area contributed by atoms with Crippen LogP contribution in [-0.2, 0) is 14.8 Å². The van der Waals surface area contributed by atoms with E-state index in [1.54, 1.807) is 36.4 Å². The van der Waals surface area contributed by atoms with Crippen LogP contribution >= 0.6 is 22.6 Å². The van der Waals surface area contributed by atoms with E-state index in [1.807, 2.05) is 22.6 Å². The Bertz CT molecular complexity index is 1240. The summed E-state index contributed by atoms with van der Waals surface area (Å²) in [6.07, 6.45) is 3.13. The fourth-order valence-electron chi connectivity index (χ4n) is 3.25. The molecular weight excluding hydrogens is 521 g/mol. The number of ketones is 1. The van der Waals surface area contributed by atoms with Gasteiger partial charge in [-0.15, -0.1) is 4.40 Å². The molecule has 1 unspecified atom stereocenters. The Kier molecular flexibility index (Phi) is 5.60. The number of aromatic hydroxyl groups is 1. The molecule has 1 aromatic heterocycles. The standard InChI is InChI=1S/C20H16IN3O5S/c21-12-5-7-15-18(11-12)30(27,28)24-19(23-15)17(26)8-6-14(20-22-9-10-29-20)13-3-1-2-4-16(13)25/h1-5,7,9-11,14,25H,6,8H2,(H,23,24). The molecule has 8 nitrogen and oxygen atoms in total. The first-order valence-corrected chi connectivity index (χ1v) is 11.5. The number of nitrogens with zero attached hydrogens (tertiary/aromatic N) is 2. The van der Waals surface area contributed by atoms with Gasteiger partial charge in [-0.3, -0.25) is 4.79 Å². The van der Waals surface area contributed by atoms with Crippen molar-refractivity contribution >= 4 is 49.9 Å². The van der Waals surface area contributed by atoms with Crippen LogP contribution in [-0.4, -0.2) is 30.1 Å². The van der Waals surface area contributed by atoms with Crippen LogP contribution in [0, 0.1) is 3.57 Å². The van der Waals surface area contributed by atoms with Crippen molar-refractivity contribution in [2.75, 3.05) is 5.32 Å². The van der Waals surface area contributed by atoms with Crippen LogP contribution in [0.2, 0.25) is 0 Å². The molecule has 0 spiro atoms. The van der Waals surface area contributed by atoms with Crippen molar-refractivity contribution in [3.63, 3.8) is 0 Å². The minimum atomic E-state index is -3.97. The smallest absolute Gasteiger partial charge is 0.286 e. The molecule has 3 aromatic rings. The van der Waals surface area contributed by atoms with Crippen LogP contribution in [0.4, 0.5) is 5.69 Å². The Morgan fingerprint density at radius 1 is 1.23 bits per heavy atom. The van der Waals surface area contributed by atoms with Crippen molar-refractivity contribution in [1.29, 1.82) is 0 Å². The van der Waals surface area contributed by atoms with Gasteiger partial charge in [0.1, 0.15) is 16.9 Å². The summed E-state index contributed by atoms with van der Waals surface area (Å²) < 4.78 is 34.8. The molecule has 0 aliphatic carbocycles. The van der Waals surface area contributed by atoms with Crippen molar-refractivity contribution in [2.24, 2.45) is 4.40 Å². The van der Waals surface area contributed by atoms with Gasteiger partial charge in [-0.05, 0) is 53.3 Å². The highest BCUT2D eigenvalue weighted by Crippen LogP contribution is 2.34. The maximum Gasteiger partial charge on any atom is 0.286 e. The Morgan fingerprint density at radius 2 is 2.03 bits per heavy atom. The number of fused-ring (bicyclic) bond motifs is 1. The summed E-state index contributed by atoms with van der Waals surface area (Å²) in [5, 5.41) is 13.0. The molecule has 0 radical (unpaired) electrons. The second-order valence-corrected chi connectivity index (χ2v) is 9.44. The average Bonchev–Trinajstić information content (AvgIpc) is 3.24. The molecule has 1 aliphatic rings. The third-order valence-electron chi connectivity index (χ3n) is 4.67. The number of anilines is 1. The number of aromatic nitrogens is 1. The molecule has 2 heterocycles. The Morgan fingerprint density at radius 3 is 2.77 bits per heavy atom. The van der Waals surface area contributed by atoms with Gasteiger partial charge in [-0.2, -0.15) is 8.42 Å². The zero-order valence-corrected chi connectivity index (χ0v) is 18.4. The average molecular weight is 537 g/mol. The number of Topliss-reactive ketones (excluding diaryl/α,β-unsaturated/α-hetero) is 1. The number of amidine groups is 1. The number of benzene rings is 2. The van der Waals surface area contributed by atoms with E-state index in [2.05, 4.69) is 14.7 Å². The summed E-state index contributed by atoms with van der Waals surface area (Å²) >= 11 is 2.01. The largest absolute Gasteiger partial charge is 0.508 e. The first kappa shape index (κ1) is 20.5. The molecule has 154 valence electrons. The minimum absolute atomic E-state index is 0.0254. The molecule has 1 atom stereocenters. The van der Waals surface area contributed by atoms with Gasteiger partial charge in [-0.25, -0.2) is 4.98 Å². The molecule has 0 amide bonds. The topological polar surface area (TPSA) is 122 Å². The fourth-order valence-corrected chi connectivity index (χ4v) is 5.11. The van der Waals surface area contributed by atoms with Crippen LogP contribution in [0.15, 0.2) is 68.6 Å². The predicted molar refractivity (Wildman–Crippen MR) is 118 cm³/mol. The summed E-state index contributed by atoms with van der Waals surface area (Å²) in [5.41, 5.74) is 0.887. The van der Waals surface area contributed by atoms with E-state index >= 15 is 0 Å². The van der Waals surface area contributed by atoms with Gasteiger partial charge in [0.05, 0.1) is 17.8 Å². The molecular formula is C20H16IN3O5S. The first-order chi connectivity index (χ1) is 14.3. The van der Waals surface area contributed by atoms with Crippen molar-refractivity contribution in [3.05, 3.63) is 69.9 Å². The molecule has 2 N–H and O–H groups in total. The van der Waals surface area contributed by atoms with Gasteiger partial charge in [0, 0.05) is 15.6 Å². The van der Waals surface area contributed by atoms with Crippen LogP contribution in [0.3, 0.4) is 0 Å². The van der Waals surface area contributed by atoms with E-state index in [1.165, 1.54) is 18.5 Å². The van der Waals surface area contributed by atoms with E-state index in [0.717, 1.165) is 3.57 Å². The third-order valence-corrected chi connectivity index (χ3v) is 6.66. The van der Waals surface area contributed by atoms with E-state index in [0.29, 0.717) is 17.1 Å². The number of phenolic OH excluding ortho intramolecular Hbond substituents is 1. The summed E-state index contributed by atoms with van der Waals surface area (Å²) in [5.74, 6) is -0.746. The molecule has 0 fully saturated rings. The zero-order valence-electron chi connectivity index (χ0n) is 15.4. The lowest BCUT2D eigenvalue weighted by molar-refractivity contribution is -0.113. The Labute approximate surface area is 186 Å². The van der Waals surface area contributed by atoms with Gasteiger partial charge >= 0.3 is 0 Å². The van der Waals surface area contributed by atoms with E-state index in [4.69, 9.17) is 4.42 Å². The molecule has 2 aromatic carbocycles.